The molecule has 6 heteroatoms. The zero-order valence-corrected chi connectivity index (χ0v) is 12.8. The summed E-state index contributed by atoms with van der Waals surface area (Å²) < 4.78 is 5.00. The van der Waals surface area contributed by atoms with E-state index in [0.29, 0.717) is 21.5 Å². The molecule has 0 heterocycles. The number of amides is 1. The van der Waals surface area contributed by atoms with Crippen LogP contribution >= 0.6 is 35.0 Å². The van der Waals surface area contributed by atoms with Gasteiger partial charge in [0, 0.05) is 21.2 Å². The predicted octanol–water partition coefficient (Wildman–Crippen LogP) is 3.96. The van der Waals surface area contributed by atoms with Crippen LogP contribution in [0.5, 0.6) is 0 Å². The highest BCUT2D eigenvalue weighted by molar-refractivity contribution is 8.13. The van der Waals surface area contributed by atoms with Crippen molar-refractivity contribution >= 4 is 40.2 Å². The van der Waals surface area contributed by atoms with Crippen molar-refractivity contribution in [2.75, 3.05) is 27.8 Å². The van der Waals surface area contributed by atoms with Crippen molar-refractivity contribution in [2.24, 2.45) is 0 Å². The smallest absolute Gasteiger partial charge is 0.286 e. The van der Waals surface area contributed by atoms with E-state index in [1.807, 2.05) is 12.1 Å². The zero-order chi connectivity index (χ0) is 13.7. The quantitative estimate of drug-likeness (QED) is 0.789. The van der Waals surface area contributed by atoms with Crippen LogP contribution in [-0.2, 0) is 11.2 Å². The van der Waals surface area contributed by atoms with Crippen LogP contribution in [0.4, 0.5) is 4.79 Å². The Kier molecular flexibility index (Phi) is 6.29. The third kappa shape index (κ3) is 4.35. The maximum absolute atomic E-state index is 11.6. The van der Waals surface area contributed by atoms with Crippen molar-refractivity contribution in [2.45, 2.75) is 11.3 Å². The first-order valence-corrected chi connectivity index (χ1v) is 6.89. The first-order valence-electron chi connectivity index (χ1n) is 5.31. The molecule has 0 radical (unpaired) electrons. The molecule has 0 aliphatic carbocycles. The summed E-state index contributed by atoms with van der Waals surface area (Å²) in [5, 5.41) is 0.881. The molecule has 0 aliphatic rings. The maximum Gasteiger partial charge on any atom is 0.286 e. The molecule has 0 spiro atoms. The van der Waals surface area contributed by atoms with Gasteiger partial charge in [-0.3, -0.25) is 4.79 Å². The molecule has 0 unspecified atom stereocenters. The van der Waals surface area contributed by atoms with Gasteiger partial charge in [0.25, 0.3) is 5.24 Å². The molecule has 0 saturated carbocycles. The van der Waals surface area contributed by atoms with Gasteiger partial charge in [-0.1, -0.05) is 23.2 Å². The fourth-order valence-corrected chi connectivity index (χ4v) is 2.69. The maximum atomic E-state index is 11.6. The zero-order valence-electron chi connectivity index (χ0n) is 10.5. The molecule has 3 nitrogen and oxygen atoms in total. The van der Waals surface area contributed by atoms with E-state index in [4.69, 9.17) is 27.9 Å². The van der Waals surface area contributed by atoms with Crippen LogP contribution in [0.15, 0.2) is 17.0 Å². The van der Waals surface area contributed by atoms with Gasteiger partial charge in [0.2, 0.25) is 0 Å². The molecule has 0 bridgehead atoms. The molecule has 0 fully saturated rings. The summed E-state index contributed by atoms with van der Waals surface area (Å²) in [4.78, 5) is 13.7. The van der Waals surface area contributed by atoms with E-state index in [0.717, 1.165) is 23.7 Å². The Morgan fingerprint density at radius 1 is 1.33 bits per heavy atom. The molecule has 0 N–H and O–H groups in total. The summed E-state index contributed by atoms with van der Waals surface area (Å²) in [5.74, 6) is 0. The third-order valence-electron chi connectivity index (χ3n) is 2.21. The largest absolute Gasteiger partial charge is 0.384 e. The van der Waals surface area contributed by atoms with Crippen molar-refractivity contribution in [3.05, 3.63) is 27.7 Å². The minimum absolute atomic E-state index is 0.108. The summed E-state index contributed by atoms with van der Waals surface area (Å²) >= 11 is 13.3. The molecule has 1 amide bonds. The Morgan fingerprint density at radius 3 is 2.33 bits per heavy atom. The van der Waals surface area contributed by atoms with Gasteiger partial charge in [0.1, 0.15) is 0 Å². The van der Waals surface area contributed by atoms with E-state index >= 15 is 0 Å². The monoisotopic (exact) mass is 307 g/mol. The SMILES string of the molecule is COCCc1cc(Cl)c(SC(=O)N(C)C)c(Cl)c1. The minimum atomic E-state index is -0.108. The van der Waals surface area contributed by atoms with Crippen LogP contribution in [0.3, 0.4) is 0 Å². The molecule has 1 aromatic rings. The Balaban J connectivity index is 2.90. The first kappa shape index (κ1) is 15.6. The van der Waals surface area contributed by atoms with Gasteiger partial charge >= 0.3 is 0 Å². The average molecular weight is 308 g/mol. The van der Waals surface area contributed by atoms with Gasteiger partial charge in [-0.15, -0.1) is 0 Å². The van der Waals surface area contributed by atoms with Crippen LogP contribution < -0.4 is 0 Å². The van der Waals surface area contributed by atoms with Crippen molar-refractivity contribution in [3.8, 4) is 0 Å². The number of rotatable bonds is 4. The summed E-state index contributed by atoms with van der Waals surface area (Å²) in [5.41, 5.74) is 0.994. The lowest BCUT2D eigenvalue weighted by molar-refractivity contribution is 0.202. The number of hydrogen-bond donors (Lipinski definition) is 0. The molecule has 1 aromatic carbocycles. The fourth-order valence-electron chi connectivity index (χ4n) is 1.25. The average Bonchev–Trinajstić information content (AvgIpc) is 2.30. The second-order valence-electron chi connectivity index (χ2n) is 3.89. The number of ether oxygens (including phenoxy) is 1. The Labute approximate surface area is 121 Å². The van der Waals surface area contributed by atoms with Crippen molar-refractivity contribution < 1.29 is 9.53 Å². The van der Waals surface area contributed by atoms with Crippen LogP contribution in [0, 0.1) is 0 Å². The van der Waals surface area contributed by atoms with Crippen LogP contribution in [0.1, 0.15) is 5.56 Å². The van der Waals surface area contributed by atoms with E-state index in [9.17, 15) is 4.79 Å². The van der Waals surface area contributed by atoms with Crippen LogP contribution in [0.25, 0.3) is 0 Å². The minimum Gasteiger partial charge on any atom is -0.384 e. The summed E-state index contributed by atoms with van der Waals surface area (Å²) in [7, 11) is 5.01. The van der Waals surface area contributed by atoms with Gasteiger partial charge < -0.3 is 9.64 Å². The molecular weight excluding hydrogens is 293 g/mol. The second kappa shape index (κ2) is 7.24. The lowest BCUT2D eigenvalue weighted by atomic mass is 10.2. The molecule has 18 heavy (non-hydrogen) atoms. The van der Waals surface area contributed by atoms with Gasteiger partial charge in [-0.25, -0.2) is 0 Å². The highest BCUT2D eigenvalue weighted by atomic mass is 35.5. The molecule has 100 valence electrons. The highest BCUT2D eigenvalue weighted by Crippen LogP contribution is 2.36. The van der Waals surface area contributed by atoms with Crippen LogP contribution in [-0.4, -0.2) is 38.0 Å². The van der Waals surface area contributed by atoms with Gasteiger partial charge in [0.05, 0.1) is 21.5 Å². The van der Waals surface area contributed by atoms with Gasteiger partial charge in [0.15, 0.2) is 0 Å². The number of nitrogens with zero attached hydrogens (tertiary/aromatic N) is 1. The van der Waals surface area contributed by atoms with Crippen molar-refractivity contribution in [1.82, 2.24) is 4.90 Å². The lowest BCUT2D eigenvalue weighted by Gasteiger charge is -2.12. The number of carbonyl (C=O) groups is 1. The summed E-state index contributed by atoms with van der Waals surface area (Å²) in [6.07, 6.45) is 0.739. The van der Waals surface area contributed by atoms with E-state index < -0.39 is 0 Å². The normalized spacial score (nSPS) is 10.5. The van der Waals surface area contributed by atoms with E-state index in [-0.39, 0.29) is 5.24 Å². The summed E-state index contributed by atoms with van der Waals surface area (Å²) in [6, 6.07) is 3.63. The fraction of sp³-hybridized carbons (Fsp3) is 0.417. The van der Waals surface area contributed by atoms with E-state index in [1.165, 1.54) is 4.90 Å². The number of hydrogen-bond acceptors (Lipinski definition) is 3. The molecular formula is C12H15Cl2NO2S. The highest BCUT2D eigenvalue weighted by Gasteiger charge is 2.14. The van der Waals surface area contributed by atoms with Gasteiger partial charge in [-0.05, 0) is 35.9 Å². The first-order chi connectivity index (χ1) is 8.45. The van der Waals surface area contributed by atoms with Crippen molar-refractivity contribution in [1.29, 1.82) is 0 Å². The Morgan fingerprint density at radius 2 is 1.89 bits per heavy atom. The van der Waals surface area contributed by atoms with Crippen molar-refractivity contribution in [3.63, 3.8) is 0 Å². The number of halogens is 2. The van der Waals surface area contributed by atoms with Gasteiger partial charge in [-0.2, -0.15) is 0 Å². The molecule has 0 aromatic heterocycles. The topological polar surface area (TPSA) is 29.5 Å². The Bertz CT molecular complexity index is 415. The molecule has 1 rings (SSSR count). The summed E-state index contributed by atoms with van der Waals surface area (Å²) in [6.45, 7) is 0.607. The predicted molar refractivity (Wildman–Crippen MR) is 77.0 cm³/mol. The number of carbonyl (C=O) groups excluding carboxylic acids is 1. The number of methoxy groups -OCH3 is 1. The molecule has 0 atom stereocenters. The Hall–Kier alpha value is -0.420. The number of thioether (sulfide) groups is 1. The molecule has 0 aliphatic heterocycles. The number of benzene rings is 1. The van der Waals surface area contributed by atoms with Crippen LogP contribution in [0.2, 0.25) is 10.0 Å². The second-order valence-corrected chi connectivity index (χ2v) is 5.67. The molecule has 0 saturated heterocycles. The lowest BCUT2D eigenvalue weighted by Crippen LogP contribution is -2.16. The van der Waals surface area contributed by atoms with E-state index in [2.05, 4.69) is 0 Å². The van der Waals surface area contributed by atoms with E-state index in [1.54, 1.807) is 21.2 Å². The third-order valence-corrected chi connectivity index (χ3v) is 4.21. The standard InChI is InChI=1S/C12H15Cl2NO2S/c1-15(2)12(16)18-11-9(13)6-8(4-5-17-3)7-10(11)14/h6-7H,4-5H2,1-3H3.